The molecular formula is C17H18N2O4S. The largest absolute Gasteiger partial charge is 0.492 e. The minimum atomic E-state index is -0.996. The molecule has 2 rings (SSSR count). The lowest BCUT2D eigenvalue weighted by Gasteiger charge is -2.13. The molecule has 2 aromatic rings. The van der Waals surface area contributed by atoms with Gasteiger partial charge < -0.3 is 14.6 Å². The summed E-state index contributed by atoms with van der Waals surface area (Å²) in [4.78, 5) is 15.6. The lowest BCUT2D eigenvalue weighted by atomic mass is 10.1. The van der Waals surface area contributed by atoms with E-state index in [1.165, 1.54) is 0 Å². The molecule has 1 aromatic carbocycles. The molecule has 0 aliphatic rings. The number of carboxylic acids is 1. The van der Waals surface area contributed by atoms with Gasteiger partial charge in [-0.25, -0.2) is 9.78 Å². The second-order valence-electron chi connectivity index (χ2n) is 5.43. The van der Waals surface area contributed by atoms with Crippen LogP contribution in [-0.4, -0.2) is 36.4 Å². The SMILES string of the molecule is COCC(C)COc1ccc(-c2nc(C)c(C(=O)O)s2)cc1C#N. The molecule has 0 aliphatic heterocycles. The highest BCUT2D eigenvalue weighted by molar-refractivity contribution is 7.17. The molecule has 0 saturated carbocycles. The number of nitriles is 1. The maximum Gasteiger partial charge on any atom is 0.347 e. The molecule has 1 heterocycles. The Hall–Kier alpha value is -2.43. The quantitative estimate of drug-likeness (QED) is 0.826. The third-order valence-electron chi connectivity index (χ3n) is 3.31. The van der Waals surface area contributed by atoms with Crippen molar-refractivity contribution in [2.45, 2.75) is 13.8 Å². The first-order valence-corrected chi connectivity index (χ1v) is 8.14. The Kier molecular flexibility index (Phi) is 5.90. The Balaban J connectivity index is 2.24. The van der Waals surface area contributed by atoms with Crippen molar-refractivity contribution in [2.24, 2.45) is 5.92 Å². The van der Waals surface area contributed by atoms with Crippen LogP contribution in [0.25, 0.3) is 10.6 Å². The number of carbonyl (C=O) groups is 1. The first kappa shape index (κ1) is 17.9. The van der Waals surface area contributed by atoms with Crippen molar-refractivity contribution < 1.29 is 19.4 Å². The molecule has 0 saturated heterocycles. The Morgan fingerprint density at radius 2 is 2.21 bits per heavy atom. The number of carboxylic acid groups (broad SMARTS) is 1. The molecule has 126 valence electrons. The molecule has 0 fully saturated rings. The number of methoxy groups -OCH3 is 1. The maximum atomic E-state index is 11.1. The number of benzene rings is 1. The molecule has 1 unspecified atom stereocenters. The zero-order valence-corrected chi connectivity index (χ0v) is 14.5. The number of ether oxygens (including phenoxy) is 2. The van der Waals surface area contributed by atoms with Crippen LogP contribution in [0.4, 0.5) is 0 Å². The smallest absolute Gasteiger partial charge is 0.347 e. The van der Waals surface area contributed by atoms with E-state index in [-0.39, 0.29) is 10.8 Å². The van der Waals surface area contributed by atoms with Crippen molar-refractivity contribution >= 4 is 17.3 Å². The van der Waals surface area contributed by atoms with Gasteiger partial charge in [-0.05, 0) is 25.1 Å². The van der Waals surface area contributed by atoms with Crippen molar-refractivity contribution in [3.05, 3.63) is 34.3 Å². The topological polar surface area (TPSA) is 92.4 Å². The summed E-state index contributed by atoms with van der Waals surface area (Å²) >= 11 is 1.09. The van der Waals surface area contributed by atoms with E-state index >= 15 is 0 Å². The molecule has 0 spiro atoms. The van der Waals surface area contributed by atoms with Gasteiger partial charge in [0.05, 0.1) is 24.5 Å². The van der Waals surface area contributed by atoms with Gasteiger partial charge in [-0.3, -0.25) is 0 Å². The van der Waals surface area contributed by atoms with E-state index in [9.17, 15) is 10.1 Å². The average Bonchev–Trinajstić information content (AvgIpc) is 2.95. The van der Waals surface area contributed by atoms with Crippen molar-refractivity contribution in [1.82, 2.24) is 4.98 Å². The molecular weight excluding hydrogens is 328 g/mol. The Morgan fingerprint density at radius 1 is 1.46 bits per heavy atom. The van der Waals surface area contributed by atoms with Gasteiger partial charge in [-0.1, -0.05) is 6.92 Å². The summed E-state index contributed by atoms with van der Waals surface area (Å²) in [6.07, 6.45) is 0. The number of hydrogen-bond donors (Lipinski definition) is 1. The zero-order valence-electron chi connectivity index (χ0n) is 13.7. The minimum absolute atomic E-state index is 0.206. The molecule has 1 atom stereocenters. The number of aromatic carboxylic acids is 1. The number of thiazole rings is 1. The summed E-state index contributed by atoms with van der Waals surface area (Å²) in [6, 6.07) is 7.27. The number of hydrogen-bond acceptors (Lipinski definition) is 6. The van der Waals surface area contributed by atoms with Crippen LogP contribution in [0, 0.1) is 24.2 Å². The fourth-order valence-electron chi connectivity index (χ4n) is 2.16. The monoisotopic (exact) mass is 346 g/mol. The van der Waals surface area contributed by atoms with Gasteiger partial charge >= 0.3 is 5.97 Å². The van der Waals surface area contributed by atoms with Crippen LogP contribution < -0.4 is 4.74 Å². The third-order valence-corrected chi connectivity index (χ3v) is 4.51. The predicted octanol–water partition coefficient (Wildman–Crippen LogP) is 3.35. The predicted molar refractivity (Wildman–Crippen MR) is 90.5 cm³/mol. The summed E-state index contributed by atoms with van der Waals surface area (Å²) in [7, 11) is 1.63. The third kappa shape index (κ3) is 4.10. The van der Waals surface area contributed by atoms with Gasteiger partial charge in [0.15, 0.2) is 0 Å². The number of aryl methyl sites for hydroxylation is 1. The summed E-state index contributed by atoms with van der Waals surface area (Å²) in [5.41, 5.74) is 1.56. The highest BCUT2D eigenvalue weighted by Crippen LogP contribution is 2.31. The Labute approximate surface area is 144 Å². The molecule has 24 heavy (non-hydrogen) atoms. The van der Waals surface area contributed by atoms with Crippen LogP contribution in [0.2, 0.25) is 0 Å². The zero-order chi connectivity index (χ0) is 17.7. The summed E-state index contributed by atoms with van der Waals surface area (Å²) in [5, 5.41) is 19.0. The van der Waals surface area contributed by atoms with Crippen LogP contribution in [0.3, 0.4) is 0 Å². The molecule has 0 aliphatic carbocycles. The molecule has 0 radical (unpaired) electrons. The van der Waals surface area contributed by atoms with E-state index in [0.29, 0.717) is 40.8 Å². The number of aromatic nitrogens is 1. The highest BCUT2D eigenvalue weighted by Gasteiger charge is 2.16. The first-order valence-electron chi connectivity index (χ1n) is 7.33. The highest BCUT2D eigenvalue weighted by atomic mass is 32.1. The fourth-order valence-corrected chi connectivity index (χ4v) is 3.06. The molecule has 1 N–H and O–H groups in total. The van der Waals surface area contributed by atoms with E-state index < -0.39 is 5.97 Å². The summed E-state index contributed by atoms with van der Waals surface area (Å²) in [5.74, 6) is -0.291. The van der Waals surface area contributed by atoms with Crippen LogP contribution in [-0.2, 0) is 4.74 Å². The lowest BCUT2D eigenvalue weighted by Crippen LogP contribution is -2.14. The Bertz CT molecular complexity index is 779. The summed E-state index contributed by atoms with van der Waals surface area (Å²) < 4.78 is 10.7. The van der Waals surface area contributed by atoms with Crippen molar-refractivity contribution in [3.63, 3.8) is 0 Å². The van der Waals surface area contributed by atoms with Crippen molar-refractivity contribution in [2.75, 3.05) is 20.3 Å². The maximum absolute atomic E-state index is 11.1. The average molecular weight is 346 g/mol. The molecule has 0 amide bonds. The van der Waals surface area contributed by atoms with Crippen LogP contribution in [0.1, 0.15) is 27.9 Å². The van der Waals surface area contributed by atoms with E-state index in [1.54, 1.807) is 32.2 Å². The van der Waals surface area contributed by atoms with Gasteiger partial charge in [-0.2, -0.15) is 5.26 Å². The normalized spacial score (nSPS) is 11.8. The van der Waals surface area contributed by atoms with Crippen molar-refractivity contribution in [3.8, 4) is 22.4 Å². The van der Waals surface area contributed by atoms with Gasteiger partial charge in [0, 0.05) is 18.6 Å². The minimum Gasteiger partial charge on any atom is -0.492 e. The van der Waals surface area contributed by atoms with Gasteiger partial charge in [-0.15, -0.1) is 11.3 Å². The van der Waals surface area contributed by atoms with Crippen LogP contribution in [0.5, 0.6) is 5.75 Å². The van der Waals surface area contributed by atoms with E-state index in [0.717, 1.165) is 11.3 Å². The Morgan fingerprint density at radius 3 is 2.79 bits per heavy atom. The number of nitrogens with zero attached hydrogens (tertiary/aromatic N) is 2. The van der Waals surface area contributed by atoms with Crippen LogP contribution in [0.15, 0.2) is 18.2 Å². The second-order valence-corrected chi connectivity index (χ2v) is 6.43. The van der Waals surface area contributed by atoms with Gasteiger partial charge in [0.1, 0.15) is 21.7 Å². The van der Waals surface area contributed by atoms with Gasteiger partial charge in [0.25, 0.3) is 0 Å². The molecule has 7 heteroatoms. The van der Waals surface area contributed by atoms with Gasteiger partial charge in [0.2, 0.25) is 0 Å². The van der Waals surface area contributed by atoms with E-state index in [1.807, 2.05) is 6.92 Å². The van der Waals surface area contributed by atoms with Crippen LogP contribution >= 0.6 is 11.3 Å². The molecule has 6 nitrogen and oxygen atoms in total. The fraction of sp³-hybridized carbons (Fsp3) is 0.353. The standard InChI is InChI=1S/C17H18N2O4S/c1-10(8-22-3)9-23-14-5-4-12(6-13(14)7-18)16-19-11(2)15(24-16)17(20)21/h4-6,10H,8-9H2,1-3H3,(H,20,21). The van der Waals surface area contributed by atoms with E-state index in [4.69, 9.17) is 14.6 Å². The first-order chi connectivity index (χ1) is 11.5. The second kappa shape index (κ2) is 7.90. The molecule has 0 bridgehead atoms. The summed E-state index contributed by atoms with van der Waals surface area (Å²) in [6.45, 7) is 4.68. The van der Waals surface area contributed by atoms with Crippen molar-refractivity contribution in [1.29, 1.82) is 5.26 Å². The number of rotatable bonds is 7. The lowest BCUT2D eigenvalue weighted by molar-refractivity contribution is 0.0701. The van der Waals surface area contributed by atoms with E-state index in [2.05, 4.69) is 11.1 Å². The molecule has 1 aromatic heterocycles.